The van der Waals surface area contributed by atoms with E-state index in [0.29, 0.717) is 0 Å². The van der Waals surface area contributed by atoms with Gasteiger partial charge in [-0.1, -0.05) is 0 Å². The Morgan fingerprint density at radius 1 is 1.64 bits per heavy atom. The van der Waals surface area contributed by atoms with Crippen molar-refractivity contribution in [1.82, 2.24) is 13.9 Å². The van der Waals surface area contributed by atoms with Crippen LogP contribution in [0.4, 0.5) is 9.80 Å². The van der Waals surface area contributed by atoms with Crippen LogP contribution in [0, 0.1) is 6.92 Å². The minimum Gasteiger partial charge on any atom is -0.297 e. The maximum absolute atomic E-state index is 11.5. The normalized spacial score (nSPS) is 10.1. The number of aromatic nitrogens is 3. The lowest BCUT2D eigenvalue weighted by Crippen LogP contribution is -2.16. The zero-order valence-electron chi connectivity index (χ0n) is 7.47. The average Bonchev–Trinajstić information content (AvgIpc) is 2.75. The van der Waals surface area contributed by atoms with Crippen LogP contribution < -0.4 is 5.32 Å². The third-order valence-corrected chi connectivity index (χ3v) is 2.39. The molecule has 0 spiro atoms. The molecule has 6 heteroatoms. The number of nitrogens with one attached hydrogen (secondary N) is 1. The Morgan fingerprint density at radius 3 is 3.07 bits per heavy atom. The van der Waals surface area contributed by atoms with E-state index in [2.05, 4.69) is 14.7 Å². The van der Waals surface area contributed by atoms with Gasteiger partial charge in [-0.2, -0.15) is 4.37 Å². The van der Waals surface area contributed by atoms with Gasteiger partial charge >= 0.3 is 6.03 Å². The van der Waals surface area contributed by atoms with E-state index in [-0.39, 0.29) is 6.03 Å². The van der Waals surface area contributed by atoms with Crippen molar-refractivity contribution < 1.29 is 4.79 Å². The Hall–Kier alpha value is -1.69. The van der Waals surface area contributed by atoms with Crippen molar-refractivity contribution in [1.29, 1.82) is 0 Å². The van der Waals surface area contributed by atoms with Crippen LogP contribution in [0.3, 0.4) is 0 Å². The first-order valence-electron chi connectivity index (χ1n) is 3.98. The van der Waals surface area contributed by atoms with E-state index in [0.717, 1.165) is 10.7 Å². The van der Waals surface area contributed by atoms with Crippen molar-refractivity contribution in [3.63, 3.8) is 0 Å². The lowest BCUT2D eigenvalue weighted by molar-refractivity contribution is 0.253. The molecule has 0 aliphatic heterocycles. The third-order valence-electron chi connectivity index (χ3n) is 1.60. The van der Waals surface area contributed by atoms with Crippen LogP contribution in [-0.2, 0) is 0 Å². The molecule has 0 saturated heterocycles. The Morgan fingerprint density at radius 2 is 2.50 bits per heavy atom. The number of nitrogens with zero attached hydrogens (tertiary/aromatic N) is 3. The number of imidazole rings is 1. The van der Waals surface area contributed by atoms with Gasteiger partial charge < -0.3 is 0 Å². The largest absolute Gasteiger partial charge is 0.331 e. The first kappa shape index (κ1) is 8.89. The van der Waals surface area contributed by atoms with Gasteiger partial charge in [0.25, 0.3) is 0 Å². The molecule has 2 aromatic heterocycles. The van der Waals surface area contributed by atoms with E-state index in [4.69, 9.17) is 0 Å². The number of hydrogen-bond donors (Lipinski definition) is 1. The molecule has 72 valence electrons. The van der Waals surface area contributed by atoms with Crippen LogP contribution in [-0.4, -0.2) is 20.0 Å². The molecule has 0 radical (unpaired) electrons. The fourth-order valence-corrected chi connectivity index (χ4v) is 1.62. The number of amides is 1. The summed E-state index contributed by atoms with van der Waals surface area (Å²) in [5.74, 6) is 0. The van der Waals surface area contributed by atoms with E-state index in [1.165, 1.54) is 22.4 Å². The second-order valence-corrected chi connectivity index (χ2v) is 3.54. The average molecular weight is 208 g/mol. The number of rotatable bonds is 1. The fraction of sp³-hybridized carbons (Fsp3) is 0.125. The zero-order chi connectivity index (χ0) is 9.97. The molecular formula is C8H8N4OS. The lowest BCUT2D eigenvalue weighted by atomic mass is 10.5. The van der Waals surface area contributed by atoms with Crippen molar-refractivity contribution >= 4 is 22.6 Å². The highest BCUT2D eigenvalue weighted by atomic mass is 32.1. The molecule has 0 saturated carbocycles. The smallest absolute Gasteiger partial charge is 0.297 e. The molecule has 0 aliphatic carbocycles. The molecule has 0 unspecified atom stereocenters. The van der Waals surface area contributed by atoms with Gasteiger partial charge in [-0.05, 0) is 24.5 Å². The topological polar surface area (TPSA) is 59.8 Å². The highest BCUT2D eigenvalue weighted by Gasteiger charge is 2.05. The van der Waals surface area contributed by atoms with Crippen LogP contribution in [0.1, 0.15) is 5.69 Å². The first-order chi connectivity index (χ1) is 6.75. The monoisotopic (exact) mass is 208 g/mol. The van der Waals surface area contributed by atoms with Gasteiger partial charge in [0.1, 0.15) is 11.3 Å². The van der Waals surface area contributed by atoms with Gasteiger partial charge in [-0.3, -0.25) is 9.88 Å². The van der Waals surface area contributed by atoms with Gasteiger partial charge in [-0.25, -0.2) is 9.78 Å². The quantitative estimate of drug-likeness (QED) is 0.776. The van der Waals surface area contributed by atoms with Gasteiger partial charge in [0.15, 0.2) is 0 Å². The number of carbonyl (C=O) groups is 1. The maximum atomic E-state index is 11.5. The van der Waals surface area contributed by atoms with Gasteiger partial charge in [0, 0.05) is 12.4 Å². The first-order valence-corrected chi connectivity index (χ1v) is 4.75. The van der Waals surface area contributed by atoms with Crippen LogP contribution in [0.25, 0.3) is 0 Å². The number of hydrogen-bond acceptors (Lipinski definition) is 4. The molecule has 1 N–H and O–H groups in total. The molecular weight excluding hydrogens is 200 g/mol. The molecule has 0 atom stereocenters. The van der Waals surface area contributed by atoms with Crippen molar-refractivity contribution in [2.45, 2.75) is 6.92 Å². The Bertz CT molecular complexity index is 434. The van der Waals surface area contributed by atoms with E-state index in [9.17, 15) is 4.79 Å². The molecule has 2 aromatic rings. The molecule has 1 amide bonds. The Balaban J connectivity index is 2.09. The van der Waals surface area contributed by atoms with Crippen LogP contribution in [0.15, 0.2) is 24.8 Å². The molecule has 14 heavy (non-hydrogen) atoms. The van der Waals surface area contributed by atoms with E-state index in [1.54, 1.807) is 12.4 Å². The highest BCUT2D eigenvalue weighted by Crippen LogP contribution is 2.15. The molecule has 2 heterocycles. The molecule has 0 bridgehead atoms. The number of aryl methyl sites for hydroxylation is 1. The molecule has 0 fully saturated rings. The van der Waals surface area contributed by atoms with Crippen molar-refractivity contribution in [2.24, 2.45) is 0 Å². The van der Waals surface area contributed by atoms with Gasteiger partial charge in [-0.15, -0.1) is 0 Å². The molecule has 5 nitrogen and oxygen atoms in total. The zero-order valence-corrected chi connectivity index (χ0v) is 8.28. The fourth-order valence-electron chi connectivity index (χ4n) is 0.972. The predicted octanol–water partition coefficient (Wildman–Crippen LogP) is 1.73. The van der Waals surface area contributed by atoms with Crippen molar-refractivity contribution in [2.75, 3.05) is 5.32 Å². The highest BCUT2D eigenvalue weighted by molar-refractivity contribution is 7.10. The molecule has 0 aromatic carbocycles. The van der Waals surface area contributed by atoms with Crippen molar-refractivity contribution in [3.05, 3.63) is 30.5 Å². The van der Waals surface area contributed by atoms with E-state index in [1.807, 2.05) is 13.0 Å². The van der Waals surface area contributed by atoms with Crippen LogP contribution in [0.2, 0.25) is 0 Å². The minimum atomic E-state index is -0.230. The summed E-state index contributed by atoms with van der Waals surface area (Å²) < 4.78 is 5.42. The maximum Gasteiger partial charge on any atom is 0.331 e. The summed E-state index contributed by atoms with van der Waals surface area (Å²) in [7, 11) is 0. The van der Waals surface area contributed by atoms with Gasteiger partial charge in [0.05, 0.1) is 5.69 Å². The predicted molar refractivity (Wildman–Crippen MR) is 53.5 cm³/mol. The van der Waals surface area contributed by atoms with E-state index < -0.39 is 0 Å². The minimum absolute atomic E-state index is 0.230. The molecule has 0 aliphatic rings. The van der Waals surface area contributed by atoms with Gasteiger partial charge in [0.2, 0.25) is 0 Å². The number of anilines is 1. The summed E-state index contributed by atoms with van der Waals surface area (Å²) >= 11 is 1.26. The Labute approximate surface area is 84.6 Å². The summed E-state index contributed by atoms with van der Waals surface area (Å²) in [5.41, 5.74) is 0.899. The summed E-state index contributed by atoms with van der Waals surface area (Å²) in [6.45, 7) is 1.88. The summed E-state index contributed by atoms with van der Waals surface area (Å²) in [5, 5.41) is 3.44. The summed E-state index contributed by atoms with van der Waals surface area (Å²) in [6.07, 6.45) is 4.59. The second-order valence-electron chi connectivity index (χ2n) is 2.73. The third kappa shape index (κ3) is 1.80. The standard InChI is InChI=1S/C8H8N4OS/c1-6-4-7(14-11-6)10-8(13)12-3-2-9-5-12/h2-5H,1H3,(H,10,13). The molecule has 2 rings (SSSR count). The van der Waals surface area contributed by atoms with Crippen LogP contribution in [0.5, 0.6) is 0 Å². The number of carbonyl (C=O) groups excluding carboxylic acids is 1. The second kappa shape index (κ2) is 3.59. The Kier molecular flexibility index (Phi) is 2.28. The lowest BCUT2D eigenvalue weighted by Gasteiger charge is -2.00. The van der Waals surface area contributed by atoms with Crippen molar-refractivity contribution in [3.8, 4) is 0 Å². The summed E-state index contributed by atoms with van der Waals surface area (Å²) in [4.78, 5) is 15.3. The van der Waals surface area contributed by atoms with E-state index >= 15 is 0 Å². The SMILES string of the molecule is Cc1cc(NC(=O)n2ccnc2)sn1. The van der Waals surface area contributed by atoms with Crippen LogP contribution >= 0.6 is 11.5 Å². The summed E-state index contributed by atoms with van der Waals surface area (Å²) in [6, 6.07) is 1.59.